The van der Waals surface area contributed by atoms with Gasteiger partial charge in [0.25, 0.3) is 0 Å². The summed E-state index contributed by atoms with van der Waals surface area (Å²) in [6, 6.07) is 6.15. The Hall–Kier alpha value is -0.930. The van der Waals surface area contributed by atoms with E-state index in [1.54, 1.807) is 7.11 Å². The number of benzene rings is 1. The Labute approximate surface area is 101 Å². The third-order valence-electron chi connectivity index (χ3n) is 2.76. The zero-order valence-corrected chi connectivity index (χ0v) is 10.1. The van der Waals surface area contributed by atoms with Gasteiger partial charge in [-0.25, -0.2) is 0 Å². The molecule has 4 heteroatoms. The number of anilines is 1. The van der Waals surface area contributed by atoms with Crippen molar-refractivity contribution in [2.24, 2.45) is 0 Å². The fraction of sp³-hybridized carbons (Fsp3) is 0.500. The molecule has 0 amide bonds. The van der Waals surface area contributed by atoms with Crippen LogP contribution in [0.1, 0.15) is 12.8 Å². The van der Waals surface area contributed by atoms with Crippen LogP contribution in [0.25, 0.3) is 0 Å². The summed E-state index contributed by atoms with van der Waals surface area (Å²) in [6.45, 7) is 1.65. The van der Waals surface area contributed by atoms with Crippen molar-refractivity contribution < 1.29 is 9.47 Å². The number of ether oxygens (including phenoxy) is 2. The number of hydrogen-bond acceptors (Lipinski definition) is 3. The summed E-state index contributed by atoms with van der Waals surface area (Å²) in [5.41, 5.74) is 0.967. The minimum Gasteiger partial charge on any atom is -0.497 e. The van der Waals surface area contributed by atoms with Crippen LogP contribution in [0, 0.1) is 0 Å². The lowest BCUT2D eigenvalue weighted by Crippen LogP contribution is -2.27. The molecule has 3 nitrogen and oxygen atoms in total. The SMILES string of the molecule is COc1ccc(NC2CCOCC2)c(Cl)c1. The third-order valence-corrected chi connectivity index (χ3v) is 3.07. The van der Waals surface area contributed by atoms with E-state index in [9.17, 15) is 0 Å². The van der Waals surface area contributed by atoms with E-state index >= 15 is 0 Å². The summed E-state index contributed by atoms with van der Waals surface area (Å²) in [5, 5.41) is 4.13. The first-order valence-electron chi connectivity index (χ1n) is 5.47. The van der Waals surface area contributed by atoms with E-state index in [1.807, 2.05) is 18.2 Å². The Balaban J connectivity index is 2.03. The maximum absolute atomic E-state index is 6.15. The normalized spacial score (nSPS) is 17.1. The van der Waals surface area contributed by atoms with Crippen molar-refractivity contribution in [1.29, 1.82) is 0 Å². The molecule has 0 radical (unpaired) electrons. The molecule has 0 bridgehead atoms. The highest BCUT2D eigenvalue weighted by Crippen LogP contribution is 2.28. The highest BCUT2D eigenvalue weighted by atomic mass is 35.5. The first-order valence-corrected chi connectivity index (χ1v) is 5.85. The summed E-state index contributed by atoms with van der Waals surface area (Å²) >= 11 is 6.15. The van der Waals surface area contributed by atoms with E-state index in [-0.39, 0.29) is 0 Å². The molecule has 0 atom stereocenters. The molecule has 1 aliphatic rings. The van der Waals surface area contributed by atoms with Crippen LogP contribution in [0.4, 0.5) is 5.69 Å². The van der Waals surface area contributed by atoms with Crippen LogP contribution < -0.4 is 10.1 Å². The molecule has 1 N–H and O–H groups in total. The lowest BCUT2D eigenvalue weighted by atomic mass is 10.1. The minimum atomic E-state index is 0.458. The van der Waals surface area contributed by atoms with Gasteiger partial charge in [-0.1, -0.05) is 11.6 Å². The van der Waals surface area contributed by atoms with E-state index in [2.05, 4.69) is 5.32 Å². The lowest BCUT2D eigenvalue weighted by molar-refractivity contribution is 0.0904. The van der Waals surface area contributed by atoms with Gasteiger partial charge in [0.05, 0.1) is 17.8 Å². The van der Waals surface area contributed by atoms with Crippen molar-refractivity contribution in [3.05, 3.63) is 23.2 Å². The quantitative estimate of drug-likeness (QED) is 0.883. The van der Waals surface area contributed by atoms with E-state index < -0.39 is 0 Å². The van der Waals surface area contributed by atoms with Gasteiger partial charge in [-0.3, -0.25) is 0 Å². The van der Waals surface area contributed by atoms with Crippen molar-refractivity contribution in [2.45, 2.75) is 18.9 Å². The zero-order chi connectivity index (χ0) is 11.4. The van der Waals surface area contributed by atoms with E-state index in [0.717, 1.165) is 37.5 Å². The Kier molecular flexibility index (Phi) is 3.91. The predicted molar refractivity (Wildman–Crippen MR) is 65.5 cm³/mol. The highest BCUT2D eigenvalue weighted by molar-refractivity contribution is 6.33. The molecule has 0 spiro atoms. The summed E-state index contributed by atoms with van der Waals surface area (Å²) in [5.74, 6) is 0.780. The van der Waals surface area contributed by atoms with Crippen LogP contribution in [0.15, 0.2) is 18.2 Å². The molecule has 1 aromatic carbocycles. The van der Waals surface area contributed by atoms with Crippen molar-refractivity contribution >= 4 is 17.3 Å². The molecule has 0 aliphatic carbocycles. The Bertz CT molecular complexity index is 351. The van der Waals surface area contributed by atoms with Crippen molar-refractivity contribution in [2.75, 3.05) is 25.6 Å². The second-order valence-electron chi connectivity index (χ2n) is 3.88. The minimum absolute atomic E-state index is 0.458. The van der Waals surface area contributed by atoms with Gasteiger partial charge in [0.1, 0.15) is 5.75 Å². The first-order chi connectivity index (χ1) is 7.79. The van der Waals surface area contributed by atoms with Crippen LogP contribution in [-0.4, -0.2) is 26.4 Å². The van der Waals surface area contributed by atoms with E-state index in [4.69, 9.17) is 21.1 Å². The molecule has 1 fully saturated rings. The molecular formula is C12H16ClNO2. The van der Waals surface area contributed by atoms with Crippen LogP contribution in [0.2, 0.25) is 5.02 Å². The molecule has 1 aromatic rings. The summed E-state index contributed by atoms with van der Waals surface area (Å²) in [4.78, 5) is 0. The summed E-state index contributed by atoms with van der Waals surface area (Å²) < 4.78 is 10.4. The number of hydrogen-bond donors (Lipinski definition) is 1. The maximum atomic E-state index is 6.15. The molecule has 0 aromatic heterocycles. The second kappa shape index (κ2) is 5.41. The average molecular weight is 242 g/mol. The van der Waals surface area contributed by atoms with Crippen LogP contribution in [0.5, 0.6) is 5.75 Å². The number of methoxy groups -OCH3 is 1. The fourth-order valence-electron chi connectivity index (χ4n) is 1.80. The molecule has 16 heavy (non-hydrogen) atoms. The number of rotatable bonds is 3. The van der Waals surface area contributed by atoms with E-state index in [0.29, 0.717) is 11.1 Å². The van der Waals surface area contributed by atoms with Gasteiger partial charge < -0.3 is 14.8 Å². The Morgan fingerprint density at radius 2 is 2.12 bits per heavy atom. The molecule has 0 unspecified atom stereocenters. The van der Waals surface area contributed by atoms with Gasteiger partial charge in [-0.15, -0.1) is 0 Å². The molecule has 1 aliphatic heterocycles. The van der Waals surface area contributed by atoms with E-state index in [1.165, 1.54) is 0 Å². The Morgan fingerprint density at radius 1 is 1.38 bits per heavy atom. The zero-order valence-electron chi connectivity index (χ0n) is 9.33. The van der Waals surface area contributed by atoms with Crippen molar-refractivity contribution in [3.8, 4) is 5.75 Å². The average Bonchev–Trinajstić information content (AvgIpc) is 2.33. The molecule has 88 valence electrons. The standard InChI is InChI=1S/C12H16ClNO2/c1-15-10-2-3-12(11(13)8-10)14-9-4-6-16-7-5-9/h2-3,8-9,14H,4-7H2,1H3. The van der Waals surface area contributed by atoms with Gasteiger partial charge >= 0.3 is 0 Å². The summed E-state index contributed by atoms with van der Waals surface area (Å²) in [7, 11) is 1.64. The number of nitrogens with one attached hydrogen (secondary N) is 1. The molecule has 1 heterocycles. The topological polar surface area (TPSA) is 30.5 Å². The van der Waals surface area contributed by atoms with Gasteiger partial charge in [0.15, 0.2) is 0 Å². The van der Waals surface area contributed by atoms with Crippen molar-refractivity contribution in [1.82, 2.24) is 0 Å². The highest BCUT2D eigenvalue weighted by Gasteiger charge is 2.14. The third kappa shape index (κ3) is 2.80. The fourth-order valence-corrected chi connectivity index (χ4v) is 2.03. The van der Waals surface area contributed by atoms with Crippen LogP contribution in [-0.2, 0) is 4.74 Å². The predicted octanol–water partition coefficient (Wildman–Crippen LogP) is 2.94. The summed E-state index contributed by atoms with van der Waals surface area (Å²) in [6.07, 6.45) is 2.06. The van der Waals surface area contributed by atoms with Gasteiger partial charge in [-0.05, 0) is 25.0 Å². The maximum Gasteiger partial charge on any atom is 0.120 e. The van der Waals surface area contributed by atoms with Crippen molar-refractivity contribution in [3.63, 3.8) is 0 Å². The first kappa shape index (κ1) is 11.6. The van der Waals surface area contributed by atoms with Crippen LogP contribution >= 0.6 is 11.6 Å². The van der Waals surface area contributed by atoms with Gasteiger partial charge in [-0.2, -0.15) is 0 Å². The molecule has 2 rings (SSSR count). The Morgan fingerprint density at radius 3 is 2.75 bits per heavy atom. The second-order valence-corrected chi connectivity index (χ2v) is 4.28. The largest absolute Gasteiger partial charge is 0.497 e. The number of halogens is 1. The van der Waals surface area contributed by atoms with Crippen LogP contribution in [0.3, 0.4) is 0 Å². The van der Waals surface area contributed by atoms with Gasteiger partial charge in [0.2, 0.25) is 0 Å². The lowest BCUT2D eigenvalue weighted by Gasteiger charge is -2.24. The molecular weight excluding hydrogens is 226 g/mol. The van der Waals surface area contributed by atoms with Gasteiger partial charge in [0, 0.05) is 25.3 Å². The molecule has 0 saturated carbocycles. The smallest absolute Gasteiger partial charge is 0.120 e. The molecule has 1 saturated heterocycles. The monoisotopic (exact) mass is 241 g/mol.